The van der Waals surface area contributed by atoms with Crippen LogP contribution in [0.3, 0.4) is 0 Å². The number of carbonyl (C=O) groups is 1. The van der Waals surface area contributed by atoms with Gasteiger partial charge in [-0.3, -0.25) is 9.48 Å². The molecule has 2 saturated carbocycles. The van der Waals surface area contributed by atoms with Crippen molar-refractivity contribution >= 4 is 5.91 Å². The second-order valence-electron chi connectivity index (χ2n) is 5.82. The van der Waals surface area contributed by atoms with Gasteiger partial charge in [0.15, 0.2) is 0 Å². The number of carbonyl (C=O) groups excluding carboxylic acids is 1. The van der Waals surface area contributed by atoms with Gasteiger partial charge in [-0.2, -0.15) is 5.10 Å². The Labute approximate surface area is 111 Å². The summed E-state index contributed by atoms with van der Waals surface area (Å²) >= 11 is 0. The molecule has 4 atom stereocenters. The first-order chi connectivity index (χ1) is 9.09. The van der Waals surface area contributed by atoms with Gasteiger partial charge in [-0.05, 0) is 31.6 Å². The Morgan fingerprint density at radius 1 is 1.63 bits per heavy atom. The second kappa shape index (κ2) is 4.57. The summed E-state index contributed by atoms with van der Waals surface area (Å²) < 4.78 is 1.56. The Hall–Kier alpha value is -1.47. The van der Waals surface area contributed by atoms with E-state index in [1.165, 1.54) is 6.33 Å². The van der Waals surface area contributed by atoms with Crippen LogP contribution in [-0.2, 0) is 11.3 Å². The van der Waals surface area contributed by atoms with Gasteiger partial charge in [-0.15, -0.1) is 0 Å². The van der Waals surface area contributed by atoms with E-state index in [-0.39, 0.29) is 17.5 Å². The maximum Gasteiger partial charge on any atom is 0.239 e. The average molecular weight is 264 g/mol. The van der Waals surface area contributed by atoms with Crippen molar-refractivity contribution in [1.82, 2.24) is 20.1 Å². The lowest BCUT2D eigenvalue weighted by Gasteiger charge is -2.34. The lowest BCUT2D eigenvalue weighted by atomic mass is 9.88. The number of nitrogens with one attached hydrogen (secondary N) is 1. The number of hydrogen-bond acceptors (Lipinski definition) is 5. The summed E-state index contributed by atoms with van der Waals surface area (Å²) in [5.41, 5.74) is 11.9. The molecule has 1 heterocycles. The molecule has 2 aliphatic carbocycles. The molecule has 19 heavy (non-hydrogen) atoms. The molecule has 0 aliphatic heterocycles. The Morgan fingerprint density at radius 2 is 2.47 bits per heavy atom. The van der Waals surface area contributed by atoms with Gasteiger partial charge in [0, 0.05) is 6.04 Å². The monoisotopic (exact) mass is 264 g/mol. The molecule has 7 heteroatoms. The van der Waals surface area contributed by atoms with E-state index in [0.29, 0.717) is 12.5 Å². The molecule has 104 valence electrons. The highest BCUT2D eigenvalue weighted by atomic mass is 16.2. The summed E-state index contributed by atoms with van der Waals surface area (Å²) in [4.78, 5) is 16.0. The van der Waals surface area contributed by atoms with E-state index in [4.69, 9.17) is 11.5 Å². The summed E-state index contributed by atoms with van der Waals surface area (Å²) in [5.74, 6) is 0.523. The van der Waals surface area contributed by atoms with Crippen LogP contribution in [0, 0.1) is 5.92 Å². The molecule has 0 spiro atoms. The van der Waals surface area contributed by atoms with E-state index in [0.717, 1.165) is 25.7 Å². The smallest absolute Gasteiger partial charge is 0.239 e. The lowest BCUT2D eigenvalue weighted by Crippen LogP contribution is -2.60. The lowest BCUT2D eigenvalue weighted by molar-refractivity contribution is -0.124. The third kappa shape index (κ3) is 2.23. The largest absolute Gasteiger partial charge is 0.348 e. The zero-order chi connectivity index (χ0) is 13.5. The van der Waals surface area contributed by atoms with Crippen LogP contribution >= 0.6 is 0 Å². The van der Waals surface area contributed by atoms with Crippen molar-refractivity contribution in [2.75, 3.05) is 0 Å². The van der Waals surface area contributed by atoms with Gasteiger partial charge in [0.1, 0.15) is 18.7 Å². The fourth-order valence-electron chi connectivity index (χ4n) is 3.46. The maximum absolute atomic E-state index is 12.2. The molecule has 2 aliphatic rings. The van der Waals surface area contributed by atoms with Gasteiger partial charge >= 0.3 is 0 Å². The van der Waals surface area contributed by atoms with Crippen LogP contribution in [0.2, 0.25) is 0 Å². The number of hydrogen-bond donors (Lipinski definition) is 3. The van der Waals surface area contributed by atoms with Crippen LogP contribution in [-0.4, -0.2) is 38.3 Å². The predicted molar refractivity (Wildman–Crippen MR) is 68.8 cm³/mol. The number of aromatic nitrogens is 3. The van der Waals surface area contributed by atoms with E-state index in [1.807, 2.05) is 0 Å². The normalized spacial score (nSPS) is 34.4. The van der Waals surface area contributed by atoms with Crippen LogP contribution in [0.15, 0.2) is 12.7 Å². The third-order valence-electron chi connectivity index (χ3n) is 4.51. The molecule has 2 fully saturated rings. The van der Waals surface area contributed by atoms with Crippen molar-refractivity contribution in [2.45, 2.75) is 49.9 Å². The summed E-state index contributed by atoms with van der Waals surface area (Å²) in [6, 6.07) is -0.559. The number of nitrogens with two attached hydrogens (primary N) is 2. The molecule has 3 rings (SSSR count). The molecule has 1 amide bonds. The van der Waals surface area contributed by atoms with Crippen LogP contribution in [0.5, 0.6) is 0 Å². The van der Waals surface area contributed by atoms with Gasteiger partial charge in [0.2, 0.25) is 5.91 Å². The molecule has 0 radical (unpaired) electrons. The first-order valence-electron chi connectivity index (χ1n) is 6.75. The van der Waals surface area contributed by atoms with E-state index in [9.17, 15) is 4.79 Å². The average Bonchev–Trinajstić information content (AvgIpc) is 3.05. The van der Waals surface area contributed by atoms with Gasteiger partial charge in [-0.25, -0.2) is 4.98 Å². The van der Waals surface area contributed by atoms with Crippen molar-refractivity contribution in [3.8, 4) is 0 Å². The molecular formula is C12H20N6O. The van der Waals surface area contributed by atoms with Crippen LogP contribution in [0.1, 0.15) is 25.7 Å². The number of rotatable bonds is 4. The molecule has 2 bridgehead atoms. The zero-order valence-corrected chi connectivity index (χ0v) is 10.8. The Bertz CT molecular complexity index is 461. The highest BCUT2D eigenvalue weighted by molar-refractivity contribution is 5.82. The van der Waals surface area contributed by atoms with E-state index in [1.54, 1.807) is 11.0 Å². The standard InChI is InChI=1S/C12H20N6O/c13-9(5-18-7-15-6-16-18)11(19)17-12-2-1-8(4-12)3-10(12)14/h6-10H,1-5,13-14H2,(H,17,19)/t8-,9?,10+,12+/m1/s1. The fourth-order valence-corrected chi connectivity index (χ4v) is 3.46. The predicted octanol–water partition coefficient (Wildman–Crippen LogP) is -1.01. The van der Waals surface area contributed by atoms with Crippen molar-refractivity contribution in [1.29, 1.82) is 0 Å². The zero-order valence-electron chi connectivity index (χ0n) is 10.8. The van der Waals surface area contributed by atoms with Gasteiger partial charge < -0.3 is 16.8 Å². The fraction of sp³-hybridized carbons (Fsp3) is 0.750. The second-order valence-corrected chi connectivity index (χ2v) is 5.82. The molecule has 0 saturated heterocycles. The Morgan fingerprint density at radius 3 is 3.05 bits per heavy atom. The highest BCUT2D eigenvalue weighted by Crippen LogP contribution is 2.46. The van der Waals surface area contributed by atoms with Gasteiger partial charge in [0.05, 0.1) is 12.1 Å². The van der Waals surface area contributed by atoms with Gasteiger partial charge in [0.25, 0.3) is 0 Å². The Balaban J connectivity index is 1.61. The first kappa shape index (κ1) is 12.6. The molecule has 0 aromatic carbocycles. The van der Waals surface area contributed by atoms with Gasteiger partial charge in [-0.1, -0.05) is 0 Å². The van der Waals surface area contributed by atoms with Crippen LogP contribution in [0.4, 0.5) is 0 Å². The third-order valence-corrected chi connectivity index (χ3v) is 4.51. The molecule has 1 aromatic rings. The summed E-state index contributed by atoms with van der Waals surface area (Å²) in [7, 11) is 0. The molecule has 5 N–H and O–H groups in total. The molecule has 1 unspecified atom stereocenters. The minimum absolute atomic E-state index is 0.0637. The number of fused-ring (bicyclic) bond motifs is 2. The Kier molecular flexibility index (Phi) is 3.02. The maximum atomic E-state index is 12.2. The quantitative estimate of drug-likeness (QED) is 0.645. The van der Waals surface area contributed by atoms with Crippen molar-refractivity contribution < 1.29 is 4.79 Å². The molecule has 1 aromatic heterocycles. The van der Waals surface area contributed by atoms with Crippen molar-refractivity contribution in [2.24, 2.45) is 17.4 Å². The van der Waals surface area contributed by atoms with Crippen molar-refractivity contribution in [3.63, 3.8) is 0 Å². The minimum Gasteiger partial charge on any atom is -0.348 e. The van der Waals surface area contributed by atoms with E-state index in [2.05, 4.69) is 15.4 Å². The minimum atomic E-state index is -0.622. The van der Waals surface area contributed by atoms with Crippen LogP contribution < -0.4 is 16.8 Å². The number of amides is 1. The summed E-state index contributed by atoms with van der Waals surface area (Å²) in [6.07, 6.45) is 7.12. The SMILES string of the molecule is NC(Cn1cncn1)C(=O)N[C@]12CC[C@H](C[C@@H]1N)C2. The summed E-state index contributed by atoms with van der Waals surface area (Å²) in [5, 5.41) is 7.05. The van der Waals surface area contributed by atoms with E-state index >= 15 is 0 Å². The van der Waals surface area contributed by atoms with Crippen LogP contribution in [0.25, 0.3) is 0 Å². The molecule has 7 nitrogen and oxygen atoms in total. The van der Waals surface area contributed by atoms with Crippen molar-refractivity contribution in [3.05, 3.63) is 12.7 Å². The summed E-state index contributed by atoms with van der Waals surface area (Å²) in [6.45, 7) is 0.334. The first-order valence-corrected chi connectivity index (χ1v) is 6.75. The number of nitrogens with zero attached hydrogens (tertiary/aromatic N) is 3. The highest BCUT2D eigenvalue weighted by Gasteiger charge is 2.51. The topological polar surface area (TPSA) is 112 Å². The molecular weight excluding hydrogens is 244 g/mol. The van der Waals surface area contributed by atoms with E-state index < -0.39 is 6.04 Å².